The van der Waals surface area contributed by atoms with Gasteiger partial charge in [0.25, 0.3) is 0 Å². The number of thiophene rings is 1. The third kappa shape index (κ3) is 4.85. The largest absolute Gasteiger partial charge is 0.414 e. The lowest BCUT2D eigenvalue weighted by atomic mass is 9.84. The molecule has 7 heteroatoms. The summed E-state index contributed by atoms with van der Waals surface area (Å²) < 4.78 is 8.04. The molecule has 2 saturated heterocycles. The molecule has 0 saturated carbocycles. The number of piperidine rings is 1. The summed E-state index contributed by atoms with van der Waals surface area (Å²) in [4.78, 5) is 15.2. The monoisotopic (exact) mass is 535 g/mol. The van der Waals surface area contributed by atoms with Crippen LogP contribution in [0.1, 0.15) is 63.9 Å². The van der Waals surface area contributed by atoms with E-state index in [9.17, 15) is 9.90 Å². The van der Waals surface area contributed by atoms with Gasteiger partial charge in [-0.15, -0.1) is 11.3 Å². The number of hydrogen-bond acceptors (Lipinski definition) is 4. The molecule has 2 aliphatic rings. The smallest absolute Gasteiger partial charge is 0.222 e. The highest BCUT2D eigenvalue weighted by atomic mass is 127. The second kappa shape index (κ2) is 8.65. The average molecular weight is 536 g/mol. The predicted octanol–water partition coefficient (Wildman–Crippen LogP) is 5.57. The fraction of sp³-hybridized carbons (Fsp3) is 0.762. The van der Waals surface area contributed by atoms with E-state index in [-0.39, 0.29) is 11.1 Å². The van der Waals surface area contributed by atoms with Crippen molar-refractivity contribution in [1.29, 1.82) is 0 Å². The van der Waals surface area contributed by atoms with Crippen molar-refractivity contribution in [3.8, 4) is 0 Å². The van der Waals surface area contributed by atoms with Crippen LogP contribution in [0.15, 0.2) is 11.4 Å². The summed E-state index contributed by atoms with van der Waals surface area (Å²) in [5, 5.41) is 13.2. The highest BCUT2D eigenvalue weighted by molar-refractivity contribution is 14.1. The Balaban J connectivity index is 1.78. The Labute approximate surface area is 188 Å². The van der Waals surface area contributed by atoms with Crippen LogP contribution in [0.3, 0.4) is 0 Å². The number of hydrogen-bond donors (Lipinski definition) is 1. The van der Waals surface area contributed by atoms with E-state index >= 15 is 0 Å². The van der Waals surface area contributed by atoms with Crippen molar-refractivity contribution in [2.24, 2.45) is 5.92 Å². The molecule has 2 fully saturated rings. The number of fused-ring (bicyclic) bond motifs is 1. The van der Waals surface area contributed by atoms with Gasteiger partial charge in [-0.2, -0.15) is 0 Å². The van der Waals surface area contributed by atoms with Crippen molar-refractivity contribution in [3.63, 3.8) is 0 Å². The molecule has 158 valence electrons. The second-order valence-corrected chi connectivity index (χ2v) is 16.7. The Kier molecular flexibility index (Phi) is 7.02. The number of rotatable bonds is 6. The van der Waals surface area contributed by atoms with Gasteiger partial charge >= 0.3 is 0 Å². The summed E-state index contributed by atoms with van der Waals surface area (Å²) in [6.45, 7) is 12.3. The third-order valence-corrected chi connectivity index (χ3v) is 13.8. The summed E-state index contributed by atoms with van der Waals surface area (Å²) >= 11 is 3.94. The molecule has 1 aromatic heterocycles. The lowest BCUT2D eigenvalue weighted by Gasteiger charge is -2.45. The minimum Gasteiger partial charge on any atom is -0.414 e. The van der Waals surface area contributed by atoms with Crippen LogP contribution in [0.2, 0.25) is 18.1 Å². The van der Waals surface area contributed by atoms with Gasteiger partial charge in [0.2, 0.25) is 5.91 Å². The molecule has 1 N–H and O–H groups in total. The average Bonchev–Trinajstić information content (AvgIpc) is 3.19. The first kappa shape index (κ1) is 22.7. The summed E-state index contributed by atoms with van der Waals surface area (Å²) in [6, 6.07) is 2.44. The van der Waals surface area contributed by atoms with Gasteiger partial charge in [-0.05, 0) is 77.3 Å². The molecule has 28 heavy (non-hydrogen) atoms. The van der Waals surface area contributed by atoms with Crippen LogP contribution in [0.25, 0.3) is 0 Å². The Bertz CT molecular complexity index is 702. The van der Waals surface area contributed by atoms with Crippen LogP contribution in [0, 0.1) is 9.49 Å². The molecule has 3 rings (SSSR count). The molecular weight excluding hydrogens is 501 g/mol. The van der Waals surface area contributed by atoms with Crippen LogP contribution in [0.4, 0.5) is 0 Å². The van der Waals surface area contributed by atoms with Gasteiger partial charge in [0.1, 0.15) is 0 Å². The number of amides is 1. The maximum absolute atomic E-state index is 12.1. The zero-order valence-electron chi connectivity index (χ0n) is 17.7. The van der Waals surface area contributed by atoms with Gasteiger partial charge in [0.05, 0.1) is 12.2 Å². The molecule has 0 aliphatic carbocycles. The first-order chi connectivity index (χ1) is 13.0. The minimum atomic E-state index is -1.95. The quantitative estimate of drug-likeness (QED) is 0.383. The molecule has 1 aromatic rings. The highest BCUT2D eigenvalue weighted by Crippen LogP contribution is 2.43. The van der Waals surface area contributed by atoms with Crippen molar-refractivity contribution >= 4 is 48.2 Å². The van der Waals surface area contributed by atoms with Gasteiger partial charge in [-0.3, -0.25) is 4.79 Å². The Morgan fingerprint density at radius 1 is 1.39 bits per heavy atom. The Morgan fingerprint density at radius 2 is 2.11 bits per heavy atom. The summed E-state index contributed by atoms with van der Waals surface area (Å²) in [7, 11) is -1.95. The molecule has 0 radical (unpaired) electrons. The lowest BCUT2D eigenvalue weighted by molar-refractivity contribution is -0.131. The summed E-state index contributed by atoms with van der Waals surface area (Å²) in [5.41, 5.74) is 0. The van der Waals surface area contributed by atoms with Crippen molar-refractivity contribution < 1.29 is 14.3 Å². The third-order valence-electron chi connectivity index (χ3n) is 6.95. The predicted molar refractivity (Wildman–Crippen MR) is 126 cm³/mol. The van der Waals surface area contributed by atoms with Gasteiger partial charge in [-0.25, -0.2) is 0 Å². The van der Waals surface area contributed by atoms with Gasteiger partial charge < -0.3 is 14.4 Å². The minimum absolute atomic E-state index is 0.0478. The van der Waals surface area contributed by atoms with Crippen molar-refractivity contribution in [3.05, 3.63) is 19.9 Å². The van der Waals surface area contributed by atoms with Crippen LogP contribution in [0.5, 0.6) is 0 Å². The lowest BCUT2D eigenvalue weighted by Crippen LogP contribution is -2.49. The van der Waals surface area contributed by atoms with Crippen molar-refractivity contribution in [2.45, 2.75) is 89.3 Å². The molecule has 0 aromatic carbocycles. The van der Waals surface area contributed by atoms with E-state index in [0.29, 0.717) is 30.7 Å². The number of carbonyl (C=O) groups is 1. The van der Waals surface area contributed by atoms with E-state index in [0.717, 1.165) is 34.3 Å². The molecule has 3 heterocycles. The van der Waals surface area contributed by atoms with Gasteiger partial charge in [-0.1, -0.05) is 20.8 Å². The standard InChI is InChI=1S/C21H34INO3SSi/c1-21(2,3)28(4,5)26-18(13-17(24)20-16(22)9-11-27-20)14-8-10-23-15(12-14)6-7-19(23)25/h9,11,14-15,17-18,24H,6-8,10,12-13H2,1-5H3/t14-,15-,17?,18-/m0/s1. The SMILES string of the molecule is CC(C)(C)[Si](C)(C)O[C@@H](CC(O)c1sccc1I)[C@H]1CCN2C(=O)CC[C@H]2C1. The number of aliphatic hydroxyl groups excluding tert-OH is 1. The molecule has 4 nitrogen and oxygen atoms in total. The van der Waals surface area contributed by atoms with Crippen molar-refractivity contribution in [2.75, 3.05) is 6.54 Å². The number of carbonyl (C=O) groups excluding carboxylic acids is 1. The zero-order valence-corrected chi connectivity index (χ0v) is 21.7. The van der Waals surface area contributed by atoms with Gasteiger partial charge in [0.15, 0.2) is 8.32 Å². The van der Waals surface area contributed by atoms with Crippen LogP contribution in [-0.4, -0.2) is 42.9 Å². The first-order valence-electron chi connectivity index (χ1n) is 10.4. The molecule has 2 aliphatic heterocycles. The number of aliphatic hydroxyl groups is 1. The fourth-order valence-electron chi connectivity index (χ4n) is 4.22. The van der Waals surface area contributed by atoms with Crippen LogP contribution >= 0.6 is 33.9 Å². The summed E-state index contributed by atoms with van der Waals surface area (Å²) in [5.74, 6) is 0.729. The number of nitrogens with zero attached hydrogens (tertiary/aromatic N) is 1. The van der Waals surface area contributed by atoms with E-state index in [2.05, 4.69) is 67.4 Å². The normalized spacial score (nSPS) is 25.7. The molecule has 1 amide bonds. The maximum atomic E-state index is 12.1. The summed E-state index contributed by atoms with van der Waals surface area (Å²) in [6.07, 6.45) is 3.88. The van der Waals surface area contributed by atoms with Crippen molar-refractivity contribution in [1.82, 2.24) is 4.90 Å². The van der Waals surface area contributed by atoms with E-state index in [1.165, 1.54) is 0 Å². The molecule has 1 unspecified atom stereocenters. The Hall–Kier alpha value is 0.0369. The van der Waals surface area contributed by atoms with Gasteiger partial charge in [0, 0.05) is 33.9 Å². The van der Waals surface area contributed by atoms with Crippen LogP contribution < -0.4 is 0 Å². The first-order valence-corrected chi connectivity index (χ1v) is 15.2. The zero-order chi connectivity index (χ0) is 20.7. The van der Waals surface area contributed by atoms with Crippen LogP contribution in [-0.2, 0) is 9.22 Å². The van der Waals surface area contributed by atoms with E-state index in [1.54, 1.807) is 11.3 Å². The van der Waals surface area contributed by atoms with E-state index in [1.807, 2.05) is 5.38 Å². The maximum Gasteiger partial charge on any atom is 0.222 e. The number of halogens is 1. The molecule has 0 bridgehead atoms. The molecular formula is C21H34INO3SSi. The molecule has 0 spiro atoms. The van der Waals surface area contributed by atoms with E-state index in [4.69, 9.17) is 4.43 Å². The second-order valence-electron chi connectivity index (χ2n) is 9.86. The Morgan fingerprint density at radius 3 is 2.71 bits per heavy atom. The fourth-order valence-corrected chi connectivity index (χ4v) is 7.57. The highest BCUT2D eigenvalue weighted by Gasteiger charge is 2.44. The molecule has 4 atom stereocenters. The van der Waals surface area contributed by atoms with E-state index < -0.39 is 14.4 Å². The topological polar surface area (TPSA) is 49.8 Å².